The zero-order valence-corrected chi connectivity index (χ0v) is 9.82. The summed E-state index contributed by atoms with van der Waals surface area (Å²) in [6.45, 7) is 1.50. The van der Waals surface area contributed by atoms with Crippen molar-refractivity contribution in [1.82, 2.24) is 15.0 Å². The molecule has 1 atom stereocenters. The number of nitrogens with zero attached hydrogens (tertiary/aromatic N) is 3. The fourth-order valence-electron chi connectivity index (χ4n) is 1.88. The summed E-state index contributed by atoms with van der Waals surface area (Å²) in [4.78, 5) is 0. The van der Waals surface area contributed by atoms with Gasteiger partial charge in [0.05, 0.1) is 12.2 Å². The first-order valence-corrected chi connectivity index (χ1v) is 5.82. The highest BCUT2D eigenvalue weighted by molar-refractivity contribution is 5.40. The number of aromatic nitrogens is 3. The van der Waals surface area contributed by atoms with E-state index >= 15 is 0 Å². The minimum Gasteiger partial charge on any atom is -0.486 e. The lowest BCUT2D eigenvalue weighted by Crippen LogP contribution is -2.33. The van der Waals surface area contributed by atoms with Gasteiger partial charge in [-0.1, -0.05) is 17.3 Å². The maximum Gasteiger partial charge on any atom is 0.161 e. The van der Waals surface area contributed by atoms with Crippen LogP contribution in [0.2, 0.25) is 0 Å². The van der Waals surface area contributed by atoms with E-state index in [1.807, 2.05) is 30.5 Å². The third kappa shape index (κ3) is 2.14. The molecule has 1 aromatic carbocycles. The first-order valence-electron chi connectivity index (χ1n) is 5.82. The topological polar surface area (TPSA) is 75.2 Å². The van der Waals surface area contributed by atoms with Gasteiger partial charge in [0.1, 0.15) is 6.61 Å². The van der Waals surface area contributed by atoms with E-state index in [4.69, 9.17) is 15.2 Å². The number of ether oxygens (including phenoxy) is 2. The SMILES string of the molecule is NCc1cn(CC2COc3ccccc3O2)nn1. The van der Waals surface area contributed by atoms with Gasteiger partial charge < -0.3 is 15.2 Å². The molecule has 0 saturated heterocycles. The van der Waals surface area contributed by atoms with Gasteiger partial charge in [0.15, 0.2) is 17.6 Å². The molecule has 2 heterocycles. The predicted molar refractivity (Wildman–Crippen MR) is 64.3 cm³/mol. The second-order valence-electron chi connectivity index (χ2n) is 4.13. The molecular formula is C12H14N4O2. The van der Waals surface area contributed by atoms with Crippen LogP contribution in [0.4, 0.5) is 0 Å². The number of fused-ring (bicyclic) bond motifs is 1. The van der Waals surface area contributed by atoms with E-state index < -0.39 is 0 Å². The third-order valence-corrected chi connectivity index (χ3v) is 2.75. The van der Waals surface area contributed by atoms with E-state index in [-0.39, 0.29) is 6.10 Å². The summed E-state index contributed by atoms with van der Waals surface area (Å²) in [6, 6.07) is 7.64. The highest BCUT2D eigenvalue weighted by Crippen LogP contribution is 2.31. The smallest absolute Gasteiger partial charge is 0.161 e. The Hall–Kier alpha value is -2.08. The normalized spacial score (nSPS) is 17.7. The third-order valence-electron chi connectivity index (χ3n) is 2.75. The molecule has 0 saturated carbocycles. The van der Waals surface area contributed by atoms with Crippen molar-refractivity contribution in [1.29, 1.82) is 0 Å². The summed E-state index contributed by atoms with van der Waals surface area (Å²) >= 11 is 0. The largest absolute Gasteiger partial charge is 0.486 e. The minimum atomic E-state index is -0.0628. The highest BCUT2D eigenvalue weighted by atomic mass is 16.6. The summed E-state index contributed by atoms with van der Waals surface area (Å²) in [5.74, 6) is 1.56. The zero-order valence-electron chi connectivity index (χ0n) is 9.82. The van der Waals surface area contributed by atoms with Gasteiger partial charge in [-0.15, -0.1) is 5.10 Å². The molecule has 0 radical (unpaired) electrons. The Bertz CT molecular complexity index is 540. The Morgan fingerprint density at radius 1 is 1.33 bits per heavy atom. The van der Waals surface area contributed by atoms with Crippen LogP contribution in [0.3, 0.4) is 0 Å². The van der Waals surface area contributed by atoms with Crippen molar-refractivity contribution in [3.8, 4) is 11.5 Å². The molecule has 0 amide bonds. The van der Waals surface area contributed by atoms with E-state index in [9.17, 15) is 0 Å². The van der Waals surface area contributed by atoms with Crippen LogP contribution in [0.15, 0.2) is 30.5 Å². The van der Waals surface area contributed by atoms with Crippen LogP contribution in [0.5, 0.6) is 11.5 Å². The van der Waals surface area contributed by atoms with Crippen molar-refractivity contribution in [2.45, 2.75) is 19.2 Å². The van der Waals surface area contributed by atoms with E-state index in [0.29, 0.717) is 19.7 Å². The van der Waals surface area contributed by atoms with E-state index in [0.717, 1.165) is 17.2 Å². The van der Waals surface area contributed by atoms with E-state index in [1.54, 1.807) is 4.68 Å². The number of nitrogens with two attached hydrogens (primary N) is 1. The molecule has 94 valence electrons. The number of hydrogen-bond acceptors (Lipinski definition) is 5. The molecule has 6 nitrogen and oxygen atoms in total. The summed E-state index contributed by atoms with van der Waals surface area (Å²) in [7, 11) is 0. The average molecular weight is 246 g/mol. The molecule has 3 rings (SSSR count). The molecule has 0 spiro atoms. The van der Waals surface area contributed by atoms with Crippen molar-refractivity contribution in [3.63, 3.8) is 0 Å². The van der Waals surface area contributed by atoms with Crippen LogP contribution in [0.1, 0.15) is 5.69 Å². The summed E-state index contributed by atoms with van der Waals surface area (Å²) in [5, 5.41) is 7.92. The average Bonchev–Trinajstić information content (AvgIpc) is 2.86. The molecule has 1 unspecified atom stereocenters. The van der Waals surface area contributed by atoms with Gasteiger partial charge in [0.25, 0.3) is 0 Å². The molecule has 18 heavy (non-hydrogen) atoms. The molecule has 2 N–H and O–H groups in total. The van der Waals surface area contributed by atoms with Crippen LogP contribution in [-0.2, 0) is 13.1 Å². The lowest BCUT2D eigenvalue weighted by molar-refractivity contribution is 0.0755. The van der Waals surface area contributed by atoms with E-state index in [2.05, 4.69) is 10.3 Å². The van der Waals surface area contributed by atoms with Crippen molar-refractivity contribution < 1.29 is 9.47 Å². The lowest BCUT2D eigenvalue weighted by atomic mass is 10.2. The van der Waals surface area contributed by atoms with Gasteiger partial charge in [0.2, 0.25) is 0 Å². The Balaban J connectivity index is 1.69. The second kappa shape index (κ2) is 4.66. The quantitative estimate of drug-likeness (QED) is 0.857. The molecule has 1 aromatic heterocycles. The molecule has 2 aromatic rings. The molecule has 0 fully saturated rings. The van der Waals surface area contributed by atoms with Gasteiger partial charge in [-0.05, 0) is 12.1 Å². The van der Waals surface area contributed by atoms with Crippen LogP contribution in [0.25, 0.3) is 0 Å². The van der Waals surface area contributed by atoms with Gasteiger partial charge in [-0.3, -0.25) is 0 Å². The minimum absolute atomic E-state index is 0.0628. The summed E-state index contributed by atoms with van der Waals surface area (Å²) in [5.41, 5.74) is 6.26. The van der Waals surface area contributed by atoms with E-state index in [1.165, 1.54) is 0 Å². The molecule has 6 heteroatoms. The Labute approximate surface area is 104 Å². The Morgan fingerprint density at radius 2 is 2.17 bits per heavy atom. The molecule has 1 aliphatic rings. The van der Waals surface area contributed by atoms with Crippen molar-refractivity contribution in [2.24, 2.45) is 5.73 Å². The molecule has 0 aliphatic carbocycles. The second-order valence-corrected chi connectivity index (χ2v) is 4.13. The van der Waals surface area contributed by atoms with Gasteiger partial charge in [0, 0.05) is 12.7 Å². The molecule has 1 aliphatic heterocycles. The van der Waals surface area contributed by atoms with Crippen molar-refractivity contribution in [2.75, 3.05) is 6.61 Å². The standard InChI is InChI=1S/C12H14N4O2/c13-5-9-6-16(15-14-9)7-10-8-17-11-3-1-2-4-12(11)18-10/h1-4,6,10H,5,7-8,13H2. The lowest BCUT2D eigenvalue weighted by Gasteiger charge is -2.26. The Morgan fingerprint density at radius 3 is 2.94 bits per heavy atom. The number of hydrogen-bond donors (Lipinski definition) is 1. The fraction of sp³-hybridized carbons (Fsp3) is 0.333. The van der Waals surface area contributed by atoms with Crippen molar-refractivity contribution >= 4 is 0 Å². The first-order chi connectivity index (χ1) is 8.85. The van der Waals surface area contributed by atoms with Gasteiger partial charge >= 0.3 is 0 Å². The van der Waals surface area contributed by atoms with Crippen LogP contribution < -0.4 is 15.2 Å². The maximum atomic E-state index is 5.83. The first kappa shape index (κ1) is 11.0. The summed E-state index contributed by atoms with van der Waals surface area (Å²) < 4.78 is 13.2. The highest BCUT2D eigenvalue weighted by Gasteiger charge is 2.21. The molecular weight excluding hydrogens is 232 g/mol. The number of para-hydroxylation sites is 2. The maximum absolute atomic E-state index is 5.83. The summed E-state index contributed by atoms with van der Waals surface area (Å²) in [6.07, 6.45) is 1.76. The Kier molecular flexibility index (Phi) is 2.85. The van der Waals surface area contributed by atoms with Crippen LogP contribution in [-0.4, -0.2) is 27.7 Å². The zero-order chi connectivity index (χ0) is 12.4. The van der Waals surface area contributed by atoms with Gasteiger partial charge in [-0.25, -0.2) is 4.68 Å². The molecule has 0 bridgehead atoms. The van der Waals surface area contributed by atoms with Crippen LogP contribution in [0, 0.1) is 0 Å². The predicted octanol–water partition coefficient (Wildman–Crippen LogP) is 0.577. The van der Waals surface area contributed by atoms with Crippen LogP contribution >= 0.6 is 0 Å². The van der Waals surface area contributed by atoms with Gasteiger partial charge in [-0.2, -0.15) is 0 Å². The monoisotopic (exact) mass is 246 g/mol. The number of rotatable bonds is 3. The van der Waals surface area contributed by atoms with Crippen molar-refractivity contribution in [3.05, 3.63) is 36.2 Å². The fourth-order valence-corrected chi connectivity index (χ4v) is 1.88. The number of benzene rings is 1.